The molecule has 22 heavy (non-hydrogen) atoms. The van der Waals surface area contributed by atoms with Crippen LogP contribution in [0.15, 0.2) is 24.4 Å². The van der Waals surface area contributed by atoms with Crippen molar-refractivity contribution in [3.05, 3.63) is 35.2 Å². The van der Waals surface area contributed by atoms with Gasteiger partial charge in [-0.25, -0.2) is 9.18 Å². The normalized spacial score (nSPS) is 15.9. The molecule has 0 spiro atoms. The number of primary amides is 1. The Morgan fingerprint density at radius 3 is 2.82 bits per heavy atom. The molecule has 2 N–H and O–H groups in total. The molecule has 7 heteroatoms. The van der Waals surface area contributed by atoms with Crippen LogP contribution in [0.25, 0.3) is 10.9 Å². The van der Waals surface area contributed by atoms with Gasteiger partial charge in [0.25, 0.3) is 0 Å². The molecular formula is C15H16ClFN4O. The topological polar surface area (TPSA) is 62.5 Å². The van der Waals surface area contributed by atoms with Crippen LogP contribution in [0.1, 0.15) is 6.42 Å². The zero-order valence-electron chi connectivity index (χ0n) is 11.9. The van der Waals surface area contributed by atoms with Crippen molar-refractivity contribution >= 4 is 34.2 Å². The number of hydrogen-bond acceptors (Lipinski definition) is 3. The van der Waals surface area contributed by atoms with Crippen LogP contribution in [0.3, 0.4) is 0 Å². The smallest absolute Gasteiger partial charge is 0.314 e. The molecule has 1 aliphatic heterocycles. The molecule has 2 aromatic rings. The average Bonchev–Trinajstić information content (AvgIpc) is 2.74. The highest BCUT2D eigenvalue weighted by Crippen LogP contribution is 2.30. The maximum atomic E-state index is 14.8. The molecule has 1 aliphatic rings. The predicted octanol–water partition coefficient (Wildman–Crippen LogP) is 2.62. The van der Waals surface area contributed by atoms with E-state index in [1.54, 1.807) is 23.1 Å². The molecule has 2 heterocycles. The van der Waals surface area contributed by atoms with Crippen LogP contribution in [0.5, 0.6) is 0 Å². The number of aromatic nitrogens is 1. The Bertz CT molecular complexity index is 724. The number of urea groups is 1. The number of fused-ring (bicyclic) bond motifs is 1. The third kappa shape index (κ3) is 2.66. The molecule has 2 amide bonds. The summed E-state index contributed by atoms with van der Waals surface area (Å²) in [6, 6.07) is 4.69. The minimum absolute atomic E-state index is 0.265. The zero-order valence-corrected chi connectivity index (χ0v) is 12.7. The lowest BCUT2D eigenvalue weighted by Crippen LogP contribution is -2.38. The van der Waals surface area contributed by atoms with Gasteiger partial charge < -0.3 is 15.5 Å². The van der Waals surface area contributed by atoms with Crippen molar-refractivity contribution in [2.75, 3.05) is 31.1 Å². The zero-order chi connectivity index (χ0) is 15.7. The minimum atomic E-state index is -0.436. The SMILES string of the molecule is NC(=O)N1CCCN(c2ccc3c(Cl)ccnc3c2F)CC1. The number of rotatable bonds is 1. The van der Waals surface area contributed by atoms with E-state index < -0.39 is 6.03 Å². The van der Waals surface area contributed by atoms with Crippen LogP contribution in [0.2, 0.25) is 5.02 Å². The van der Waals surface area contributed by atoms with Gasteiger partial charge >= 0.3 is 6.03 Å². The van der Waals surface area contributed by atoms with Crippen LogP contribution >= 0.6 is 11.6 Å². The maximum absolute atomic E-state index is 14.8. The van der Waals surface area contributed by atoms with Gasteiger partial charge in [0.2, 0.25) is 0 Å². The molecule has 1 saturated heterocycles. The molecule has 0 unspecified atom stereocenters. The van der Waals surface area contributed by atoms with Gasteiger partial charge in [-0.3, -0.25) is 4.98 Å². The number of nitrogens with two attached hydrogens (primary N) is 1. The Morgan fingerprint density at radius 2 is 2.05 bits per heavy atom. The van der Waals surface area contributed by atoms with E-state index in [9.17, 15) is 9.18 Å². The number of carbonyl (C=O) groups excluding carboxylic acids is 1. The highest BCUT2D eigenvalue weighted by molar-refractivity contribution is 6.35. The summed E-state index contributed by atoms with van der Waals surface area (Å²) >= 11 is 6.07. The van der Waals surface area contributed by atoms with Crippen LogP contribution in [-0.4, -0.2) is 42.1 Å². The molecule has 0 aliphatic carbocycles. The van der Waals surface area contributed by atoms with Gasteiger partial charge in [0.05, 0.1) is 10.7 Å². The van der Waals surface area contributed by atoms with E-state index >= 15 is 0 Å². The van der Waals surface area contributed by atoms with Gasteiger partial charge in [0.1, 0.15) is 5.52 Å². The number of amides is 2. The van der Waals surface area contributed by atoms with E-state index in [0.717, 1.165) is 6.42 Å². The van der Waals surface area contributed by atoms with Crippen molar-refractivity contribution in [2.45, 2.75) is 6.42 Å². The van der Waals surface area contributed by atoms with E-state index in [1.807, 2.05) is 4.90 Å². The van der Waals surface area contributed by atoms with Crippen LogP contribution in [0.4, 0.5) is 14.9 Å². The van der Waals surface area contributed by atoms with Crippen LogP contribution in [-0.2, 0) is 0 Å². The van der Waals surface area contributed by atoms with E-state index in [-0.39, 0.29) is 11.3 Å². The monoisotopic (exact) mass is 322 g/mol. The second kappa shape index (κ2) is 5.96. The molecule has 0 atom stereocenters. The number of carbonyl (C=O) groups is 1. The summed E-state index contributed by atoms with van der Waals surface area (Å²) in [5.74, 6) is -0.382. The lowest BCUT2D eigenvalue weighted by Gasteiger charge is -2.24. The van der Waals surface area contributed by atoms with Crippen LogP contribution < -0.4 is 10.6 Å². The number of pyridine rings is 1. The van der Waals surface area contributed by atoms with Crippen molar-refractivity contribution in [1.82, 2.24) is 9.88 Å². The quantitative estimate of drug-likeness (QED) is 0.878. The first kappa shape index (κ1) is 14.8. The Morgan fingerprint density at radius 1 is 1.23 bits per heavy atom. The molecule has 116 valence electrons. The lowest BCUT2D eigenvalue weighted by atomic mass is 10.1. The van der Waals surface area contributed by atoms with Gasteiger partial charge in [-0.1, -0.05) is 11.6 Å². The van der Waals surface area contributed by atoms with E-state index in [4.69, 9.17) is 17.3 Å². The Balaban J connectivity index is 1.93. The van der Waals surface area contributed by atoms with Gasteiger partial charge in [-0.15, -0.1) is 0 Å². The molecule has 0 saturated carbocycles. The Hall–Kier alpha value is -2.08. The van der Waals surface area contributed by atoms with E-state index in [1.165, 1.54) is 6.20 Å². The van der Waals surface area contributed by atoms with Gasteiger partial charge in [0.15, 0.2) is 5.82 Å². The number of anilines is 1. The summed E-state index contributed by atoms with van der Waals surface area (Å²) < 4.78 is 14.8. The third-order valence-electron chi connectivity index (χ3n) is 3.93. The largest absolute Gasteiger partial charge is 0.367 e. The fraction of sp³-hybridized carbons (Fsp3) is 0.333. The molecule has 3 rings (SSSR count). The van der Waals surface area contributed by atoms with Crippen molar-refractivity contribution in [3.8, 4) is 0 Å². The number of nitrogens with zero attached hydrogens (tertiary/aromatic N) is 3. The van der Waals surface area contributed by atoms with Crippen molar-refractivity contribution in [3.63, 3.8) is 0 Å². The molecule has 1 aromatic heterocycles. The maximum Gasteiger partial charge on any atom is 0.314 e. The Kier molecular flexibility index (Phi) is 4.02. The number of halogens is 2. The third-order valence-corrected chi connectivity index (χ3v) is 4.26. The predicted molar refractivity (Wildman–Crippen MR) is 84.7 cm³/mol. The minimum Gasteiger partial charge on any atom is -0.367 e. The summed E-state index contributed by atoms with van der Waals surface area (Å²) in [5.41, 5.74) is 6.06. The summed E-state index contributed by atoms with van der Waals surface area (Å²) in [6.45, 7) is 2.26. The van der Waals surface area contributed by atoms with Crippen molar-refractivity contribution < 1.29 is 9.18 Å². The first-order valence-corrected chi connectivity index (χ1v) is 7.48. The molecule has 1 fully saturated rings. The fourth-order valence-electron chi connectivity index (χ4n) is 2.76. The van der Waals surface area contributed by atoms with Gasteiger partial charge in [0, 0.05) is 37.8 Å². The first-order valence-electron chi connectivity index (χ1n) is 7.10. The van der Waals surface area contributed by atoms with E-state index in [2.05, 4.69) is 4.98 Å². The first-order chi connectivity index (χ1) is 10.6. The standard InChI is InChI=1S/C15H16ClFN4O/c16-11-4-5-19-14-10(11)2-3-12(13(14)17)20-6-1-7-21(9-8-20)15(18)22/h2-5H,1,6-9H2,(H2,18,22). The van der Waals surface area contributed by atoms with Crippen molar-refractivity contribution in [1.29, 1.82) is 0 Å². The molecule has 0 bridgehead atoms. The molecular weight excluding hydrogens is 307 g/mol. The van der Waals surface area contributed by atoms with Gasteiger partial charge in [-0.2, -0.15) is 0 Å². The van der Waals surface area contributed by atoms with Crippen molar-refractivity contribution in [2.24, 2.45) is 5.73 Å². The molecule has 5 nitrogen and oxygen atoms in total. The second-order valence-corrected chi connectivity index (χ2v) is 5.66. The summed E-state index contributed by atoms with van der Waals surface area (Å²) in [6.07, 6.45) is 2.23. The highest BCUT2D eigenvalue weighted by atomic mass is 35.5. The van der Waals surface area contributed by atoms with Crippen LogP contribution in [0, 0.1) is 5.82 Å². The summed E-state index contributed by atoms with van der Waals surface area (Å²) in [7, 11) is 0. The summed E-state index contributed by atoms with van der Waals surface area (Å²) in [4.78, 5) is 18.8. The molecule has 1 aromatic carbocycles. The highest BCUT2D eigenvalue weighted by Gasteiger charge is 2.21. The number of hydrogen-bond donors (Lipinski definition) is 1. The molecule has 0 radical (unpaired) electrons. The lowest BCUT2D eigenvalue weighted by molar-refractivity contribution is 0.211. The average molecular weight is 323 g/mol. The van der Waals surface area contributed by atoms with Gasteiger partial charge in [-0.05, 0) is 24.6 Å². The van der Waals surface area contributed by atoms with E-state index in [0.29, 0.717) is 42.3 Å². The summed E-state index contributed by atoms with van der Waals surface area (Å²) in [5, 5.41) is 1.07. The Labute approximate surface area is 132 Å². The number of benzene rings is 1. The fourth-order valence-corrected chi connectivity index (χ4v) is 2.97. The second-order valence-electron chi connectivity index (χ2n) is 5.25.